The molecule has 0 spiro atoms. The molecule has 6 aromatic rings. The minimum absolute atomic E-state index is 0.144. The van der Waals surface area contributed by atoms with Gasteiger partial charge in [0, 0.05) is 10.8 Å². The van der Waals surface area contributed by atoms with Crippen LogP contribution >= 0.6 is 0 Å². The number of aliphatic hydroxyl groups excluding tert-OH is 2. The van der Waals surface area contributed by atoms with Crippen LogP contribution in [0.25, 0.3) is 32.7 Å². The number of hydrogen-bond donors (Lipinski definition) is 4. The quantitative estimate of drug-likeness (QED) is 0.211. The zero-order valence-corrected chi connectivity index (χ0v) is 21.1. The van der Waals surface area contributed by atoms with E-state index in [1.54, 1.807) is 24.3 Å². The average Bonchev–Trinajstić information content (AvgIpc) is 3.28. The van der Waals surface area contributed by atoms with Crippen LogP contribution in [0.4, 0.5) is 0 Å². The SMILES string of the molecule is OCc1ccc(O)c2cccc(C3(c4cccc5c(O)ccc(CO)c45)c4ccccc4-c4ccccc43)c12. The first kappa shape index (κ1) is 23.5. The van der Waals surface area contributed by atoms with Crippen LogP contribution in [0.1, 0.15) is 33.4 Å². The molecule has 7 rings (SSSR count). The number of phenols is 2. The first-order valence-electron chi connectivity index (χ1n) is 13.0. The Labute approximate surface area is 225 Å². The van der Waals surface area contributed by atoms with Gasteiger partial charge in [-0.05, 0) is 67.4 Å². The van der Waals surface area contributed by atoms with Crippen molar-refractivity contribution in [2.24, 2.45) is 0 Å². The highest BCUT2D eigenvalue weighted by Gasteiger charge is 2.48. The van der Waals surface area contributed by atoms with Crippen molar-refractivity contribution < 1.29 is 20.4 Å². The van der Waals surface area contributed by atoms with Gasteiger partial charge in [0.2, 0.25) is 0 Å². The van der Waals surface area contributed by atoms with Gasteiger partial charge in [0.05, 0.1) is 18.6 Å². The molecule has 0 fully saturated rings. The maximum absolute atomic E-state index is 10.9. The fraction of sp³-hybridized carbons (Fsp3) is 0.0857. The van der Waals surface area contributed by atoms with Crippen molar-refractivity contribution in [2.45, 2.75) is 18.6 Å². The van der Waals surface area contributed by atoms with Gasteiger partial charge in [0.25, 0.3) is 0 Å². The van der Waals surface area contributed by atoms with Gasteiger partial charge >= 0.3 is 0 Å². The first-order chi connectivity index (χ1) is 19.1. The summed E-state index contributed by atoms with van der Waals surface area (Å²) in [4.78, 5) is 0. The molecular weight excluding hydrogens is 484 g/mol. The van der Waals surface area contributed by atoms with Crippen molar-refractivity contribution >= 4 is 21.5 Å². The second-order valence-corrected chi connectivity index (χ2v) is 10.1. The Morgan fingerprint density at radius 2 is 0.846 bits per heavy atom. The third-order valence-electron chi connectivity index (χ3n) is 8.31. The first-order valence-corrected chi connectivity index (χ1v) is 13.0. The van der Waals surface area contributed by atoms with Gasteiger partial charge in [0.1, 0.15) is 11.5 Å². The highest BCUT2D eigenvalue weighted by Crippen LogP contribution is 2.59. The van der Waals surface area contributed by atoms with Crippen LogP contribution in [0.5, 0.6) is 11.5 Å². The number of benzene rings is 6. The minimum atomic E-state index is -0.873. The normalized spacial score (nSPS) is 13.5. The summed E-state index contributed by atoms with van der Waals surface area (Å²) in [6.45, 7) is -0.378. The fourth-order valence-corrected chi connectivity index (χ4v) is 6.78. The molecule has 4 nitrogen and oxygen atoms in total. The molecule has 0 amide bonds. The summed E-state index contributed by atoms with van der Waals surface area (Å²) in [5.74, 6) is 0.288. The molecule has 0 bridgehead atoms. The van der Waals surface area contributed by atoms with Crippen molar-refractivity contribution in [3.63, 3.8) is 0 Å². The van der Waals surface area contributed by atoms with E-state index < -0.39 is 5.41 Å². The predicted molar refractivity (Wildman–Crippen MR) is 154 cm³/mol. The molecule has 190 valence electrons. The number of fused-ring (bicyclic) bond motifs is 5. The Hall–Kier alpha value is -4.64. The van der Waals surface area contributed by atoms with Gasteiger partial charge < -0.3 is 20.4 Å². The summed E-state index contributed by atoms with van der Waals surface area (Å²) in [5.41, 5.74) is 6.69. The summed E-state index contributed by atoms with van der Waals surface area (Å²) in [5, 5.41) is 45.7. The molecule has 0 aromatic heterocycles. The largest absolute Gasteiger partial charge is 0.507 e. The smallest absolute Gasteiger partial charge is 0.123 e. The molecule has 0 unspecified atom stereocenters. The lowest BCUT2D eigenvalue weighted by Crippen LogP contribution is -2.29. The lowest BCUT2D eigenvalue weighted by Gasteiger charge is -2.36. The number of aliphatic hydroxyl groups is 2. The van der Waals surface area contributed by atoms with E-state index >= 15 is 0 Å². The molecule has 0 saturated heterocycles. The molecular formula is C35H26O4. The zero-order valence-electron chi connectivity index (χ0n) is 21.1. The van der Waals surface area contributed by atoms with Crippen molar-refractivity contribution in [1.29, 1.82) is 0 Å². The molecule has 4 N–H and O–H groups in total. The Morgan fingerprint density at radius 3 is 1.28 bits per heavy atom. The van der Waals surface area contributed by atoms with Crippen molar-refractivity contribution in [1.82, 2.24) is 0 Å². The predicted octanol–water partition coefficient (Wildman–Crippen LogP) is 6.75. The van der Waals surface area contributed by atoms with Gasteiger partial charge in [-0.2, -0.15) is 0 Å². The maximum atomic E-state index is 10.9. The van der Waals surface area contributed by atoms with Crippen molar-refractivity contribution in [3.05, 3.63) is 143 Å². The molecule has 0 aliphatic heterocycles. The zero-order chi connectivity index (χ0) is 26.7. The Morgan fingerprint density at radius 1 is 0.436 bits per heavy atom. The highest BCUT2D eigenvalue weighted by atomic mass is 16.3. The summed E-state index contributed by atoms with van der Waals surface area (Å²) in [6.07, 6.45) is 0. The van der Waals surface area contributed by atoms with Crippen molar-refractivity contribution in [2.75, 3.05) is 0 Å². The molecule has 1 aliphatic carbocycles. The van der Waals surface area contributed by atoms with Gasteiger partial charge in [-0.3, -0.25) is 0 Å². The molecule has 0 radical (unpaired) electrons. The Bertz CT molecular complexity index is 1780. The highest BCUT2D eigenvalue weighted by molar-refractivity contribution is 6.02. The third kappa shape index (κ3) is 3.07. The van der Waals surface area contributed by atoms with Crippen LogP contribution in [0.3, 0.4) is 0 Å². The maximum Gasteiger partial charge on any atom is 0.123 e. The van der Waals surface area contributed by atoms with E-state index in [1.807, 2.05) is 48.5 Å². The molecule has 1 aliphatic rings. The van der Waals surface area contributed by atoms with E-state index in [2.05, 4.69) is 36.4 Å². The summed E-state index contributed by atoms with van der Waals surface area (Å²) >= 11 is 0. The molecule has 6 aromatic carbocycles. The van der Waals surface area contributed by atoms with E-state index in [0.717, 1.165) is 44.2 Å². The van der Waals surface area contributed by atoms with Crippen LogP contribution in [-0.2, 0) is 18.6 Å². The lowest BCUT2D eigenvalue weighted by molar-refractivity contribution is 0.283. The number of rotatable bonds is 4. The third-order valence-corrected chi connectivity index (χ3v) is 8.31. The summed E-state index contributed by atoms with van der Waals surface area (Å²) in [6, 6.07) is 35.2. The monoisotopic (exact) mass is 510 g/mol. The molecule has 0 atom stereocenters. The molecule has 0 saturated carbocycles. The van der Waals surface area contributed by atoms with Crippen LogP contribution in [0, 0.1) is 0 Å². The standard InChI is InChI=1S/C35H26O4/c36-19-21-15-17-31(38)25-9-5-13-29(33(21)25)35(27-11-3-1-7-23(27)24-8-2-4-12-28(24)35)30-14-6-10-26-32(39)18-16-22(20-37)34(26)30/h1-18,36-39H,19-20H2. The van der Waals surface area contributed by atoms with Gasteiger partial charge in [-0.15, -0.1) is 0 Å². The van der Waals surface area contributed by atoms with E-state index in [9.17, 15) is 20.4 Å². The number of phenolic OH excluding ortho intramolecular Hbond substituents is 2. The second kappa shape index (κ2) is 8.70. The van der Waals surface area contributed by atoms with Crippen LogP contribution in [0.2, 0.25) is 0 Å². The van der Waals surface area contributed by atoms with E-state index in [-0.39, 0.29) is 24.7 Å². The summed E-state index contributed by atoms with van der Waals surface area (Å²) in [7, 11) is 0. The minimum Gasteiger partial charge on any atom is -0.507 e. The van der Waals surface area contributed by atoms with E-state index in [4.69, 9.17) is 0 Å². The van der Waals surface area contributed by atoms with Crippen LogP contribution in [0.15, 0.2) is 109 Å². The van der Waals surface area contributed by atoms with Crippen molar-refractivity contribution in [3.8, 4) is 22.6 Å². The molecule has 39 heavy (non-hydrogen) atoms. The number of aromatic hydroxyl groups is 2. The number of hydrogen-bond acceptors (Lipinski definition) is 4. The van der Waals surface area contributed by atoms with Crippen LogP contribution in [-0.4, -0.2) is 20.4 Å². The molecule has 4 heteroatoms. The fourth-order valence-electron chi connectivity index (χ4n) is 6.78. The Balaban J connectivity index is 1.79. The van der Waals surface area contributed by atoms with E-state index in [0.29, 0.717) is 21.9 Å². The average molecular weight is 511 g/mol. The van der Waals surface area contributed by atoms with E-state index in [1.165, 1.54) is 0 Å². The summed E-state index contributed by atoms with van der Waals surface area (Å²) < 4.78 is 0. The van der Waals surface area contributed by atoms with Gasteiger partial charge in [-0.1, -0.05) is 97.1 Å². The van der Waals surface area contributed by atoms with Gasteiger partial charge in [-0.25, -0.2) is 0 Å². The Kier molecular flexibility index (Phi) is 5.24. The second-order valence-electron chi connectivity index (χ2n) is 10.1. The molecule has 0 heterocycles. The lowest BCUT2D eigenvalue weighted by atomic mass is 9.64. The van der Waals surface area contributed by atoms with Gasteiger partial charge in [0.15, 0.2) is 0 Å². The van der Waals surface area contributed by atoms with Crippen LogP contribution < -0.4 is 0 Å². The topological polar surface area (TPSA) is 80.9 Å².